The number of hydrogen-bond acceptors (Lipinski definition) is 5. The van der Waals surface area contributed by atoms with Gasteiger partial charge >= 0.3 is 0 Å². The van der Waals surface area contributed by atoms with E-state index in [2.05, 4.69) is 64.3 Å². The molecule has 7 heteroatoms. The number of nitrogens with zero attached hydrogens (tertiary/aromatic N) is 4. The number of anilines is 1. The summed E-state index contributed by atoms with van der Waals surface area (Å²) >= 11 is 0. The zero-order valence-corrected chi connectivity index (χ0v) is 25.1. The smallest absolute Gasteiger partial charge is 0.253 e. The second-order valence-corrected chi connectivity index (χ2v) is 12.7. The molecule has 1 saturated carbocycles. The standard InChI is InChI=1S/C37H37N5O2/c1-23-31(3-2-4-34(23)42-16-13-28-19-27(24-5-6-24)11-12-29(28)21-42)35-32-20-33(40-36(32)39-22-38-35)25-7-9-26(10-8-25)37(44)41-17-14-30(43)15-18-41/h2-4,7-12,19-20,22,24,30,43H,5-6,13-18,21H2,1H3,(H,38,39,40). The number of carbonyl (C=O) groups is 1. The van der Waals surface area contributed by atoms with Crippen LogP contribution in [0.2, 0.25) is 0 Å². The van der Waals surface area contributed by atoms with Crippen LogP contribution in [0, 0.1) is 6.92 Å². The molecule has 2 fully saturated rings. The Balaban J connectivity index is 1.06. The number of amides is 1. The molecule has 5 aromatic rings. The van der Waals surface area contributed by atoms with Gasteiger partial charge in [0.1, 0.15) is 12.0 Å². The molecule has 3 aromatic carbocycles. The highest BCUT2D eigenvalue weighted by Crippen LogP contribution is 2.42. The molecule has 3 aliphatic rings. The lowest BCUT2D eigenvalue weighted by Gasteiger charge is -2.32. The molecule has 1 aliphatic carbocycles. The van der Waals surface area contributed by atoms with Gasteiger partial charge in [-0.15, -0.1) is 0 Å². The summed E-state index contributed by atoms with van der Waals surface area (Å²) in [6.07, 6.45) is 6.37. The highest BCUT2D eigenvalue weighted by Gasteiger charge is 2.26. The van der Waals surface area contributed by atoms with Crippen molar-refractivity contribution in [1.82, 2.24) is 19.9 Å². The van der Waals surface area contributed by atoms with Crippen LogP contribution in [0.15, 0.2) is 73.1 Å². The number of hydrogen-bond donors (Lipinski definition) is 2. The third-order valence-electron chi connectivity index (χ3n) is 9.81. The minimum atomic E-state index is -0.301. The lowest BCUT2D eigenvalue weighted by molar-refractivity contribution is 0.0546. The van der Waals surface area contributed by atoms with Crippen molar-refractivity contribution in [3.63, 3.8) is 0 Å². The monoisotopic (exact) mass is 583 g/mol. The van der Waals surface area contributed by atoms with Gasteiger partial charge < -0.3 is 19.9 Å². The van der Waals surface area contributed by atoms with Crippen molar-refractivity contribution in [2.75, 3.05) is 24.5 Å². The number of fused-ring (bicyclic) bond motifs is 2. The van der Waals surface area contributed by atoms with Gasteiger partial charge in [-0.1, -0.05) is 42.5 Å². The first-order valence-electron chi connectivity index (χ1n) is 15.9. The number of rotatable bonds is 5. The van der Waals surface area contributed by atoms with Crippen LogP contribution in [0.1, 0.15) is 64.2 Å². The predicted molar refractivity (Wildman–Crippen MR) is 174 cm³/mol. The molecule has 222 valence electrons. The number of aromatic amines is 1. The number of piperidine rings is 1. The Morgan fingerprint density at radius 3 is 2.52 bits per heavy atom. The Morgan fingerprint density at radius 1 is 0.909 bits per heavy atom. The summed E-state index contributed by atoms with van der Waals surface area (Å²) in [7, 11) is 0. The highest BCUT2D eigenvalue weighted by atomic mass is 16.3. The Hall–Kier alpha value is -4.49. The molecule has 2 aliphatic heterocycles. The zero-order valence-electron chi connectivity index (χ0n) is 25.1. The lowest BCUT2D eigenvalue weighted by atomic mass is 9.94. The molecule has 7 nitrogen and oxygen atoms in total. The van der Waals surface area contributed by atoms with Crippen molar-refractivity contribution in [2.45, 2.75) is 57.6 Å². The Morgan fingerprint density at radius 2 is 1.73 bits per heavy atom. The van der Waals surface area contributed by atoms with Crippen molar-refractivity contribution in [3.8, 4) is 22.5 Å². The second-order valence-electron chi connectivity index (χ2n) is 12.7. The molecule has 0 spiro atoms. The first-order chi connectivity index (χ1) is 21.5. The molecule has 0 atom stereocenters. The van der Waals surface area contributed by atoms with Crippen LogP contribution in [0.3, 0.4) is 0 Å². The summed E-state index contributed by atoms with van der Waals surface area (Å²) in [5.74, 6) is 0.810. The number of aliphatic hydroxyl groups is 1. The van der Waals surface area contributed by atoms with Crippen LogP contribution < -0.4 is 4.90 Å². The molecule has 1 saturated heterocycles. The lowest BCUT2D eigenvalue weighted by Crippen LogP contribution is -2.40. The van der Waals surface area contributed by atoms with E-state index in [9.17, 15) is 9.90 Å². The van der Waals surface area contributed by atoms with E-state index in [0.29, 0.717) is 31.5 Å². The van der Waals surface area contributed by atoms with Crippen LogP contribution in [0.25, 0.3) is 33.5 Å². The fourth-order valence-electron chi connectivity index (χ4n) is 7.03. The van der Waals surface area contributed by atoms with Crippen LogP contribution >= 0.6 is 0 Å². The molecule has 0 unspecified atom stereocenters. The van der Waals surface area contributed by atoms with Gasteiger partial charge in [0.15, 0.2) is 0 Å². The molecule has 1 amide bonds. The van der Waals surface area contributed by atoms with Gasteiger partial charge in [0.05, 0.1) is 11.8 Å². The zero-order chi connectivity index (χ0) is 29.8. The van der Waals surface area contributed by atoms with E-state index in [-0.39, 0.29) is 12.0 Å². The highest BCUT2D eigenvalue weighted by molar-refractivity contribution is 5.97. The maximum Gasteiger partial charge on any atom is 0.253 e. The molecule has 4 heterocycles. The summed E-state index contributed by atoms with van der Waals surface area (Å²) in [4.78, 5) is 30.1. The first kappa shape index (κ1) is 27.1. The second kappa shape index (κ2) is 10.9. The van der Waals surface area contributed by atoms with Crippen molar-refractivity contribution in [3.05, 3.63) is 101 Å². The molecule has 44 heavy (non-hydrogen) atoms. The van der Waals surface area contributed by atoms with E-state index in [1.807, 2.05) is 29.2 Å². The molecular formula is C37H37N5O2. The van der Waals surface area contributed by atoms with Gasteiger partial charge in [-0.25, -0.2) is 9.97 Å². The van der Waals surface area contributed by atoms with Gasteiger partial charge in [-0.3, -0.25) is 4.79 Å². The summed E-state index contributed by atoms with van der Waals surface area (Å²) in [5.41, 5.74) is 12.4. The molecule has 2 N–H and O–H groups in total. The van der Waals surface area contributed by atoms with E-state index < -0.39 is 0 Å². The minimum Gasteiger partial charge on any atom is -0.393 e. The summed E-state index contributed by atoms with van der Waals surface area (Å²) in [6.45, 7) is 5.33. The van der Waals surface area contributed by atoms with Gasteiger partial charge in [-0.05, 0) is 97.0 Å². The van der Waals surface area contributed by atoms with E-state index >= 15 is 0 Å². The first-order valence-corrected chi connectivity index (χ1v) is 15.9. The topological polar surface area (TPSA) is 85.3 Å². The summed E-state index contributed by atoms with van der Waals surface area (Å²) in [5, 5.41) is 10.8. The van der Waals surface area contributed by atoms with Gasteiger partial charge in [-0.2, -0.15) is 0 Å². The molecule has 0 bridgehead atoms. The Bertz CT molecular complexity index is 1870. The van der Waals surface area contributed by atoms with E-state index in [0.717, 1.165) is 59.0 Å². The number of aromatic nitrogens is 3. The summed E-state index contributed by atoms with van der Waals surface area (Å²) in [6, 6.07) is 23.6. The number of nitrogens with one attached hydrogen (secondary N) is 1. The Labute approximate surface area is 257 Å². The van der Waals surface area contributed by atoms with Crippen molar-refractivity contribution < 1.29 is 9.90 Å². The number of H-pyrrole nitrogens is 1. The van der Waals surface area contributed by atoms with Gasteiger partial charge in [0, 0.05) is 54.1 Å². The number of aliphatic hydroxyl groups excluding tert-OH is 1. The molecule has 2 aromatic heterocycles. The normalized spacial score (nSPS) is 17.2. The average Bonchev–Trinajstić information content (AvgIpc) is 3.82. The van der Waals surface area contributed by atoms with Crippen molar-refractivity contribution >= 4 is 22.6 Å². The average molecular weight is 584 g/mol. The van der Waals surface area contributed by atoms with Crippen LogP contribution in [-0.4, -0.2) is 56.6 Å². The third-order valence-corrected chi connectivity index (χ3v) is 9.81. The van der Waals surface area contributed by atoms with E-state index in [1.165, 1.54) is 40.8 Å². The van der Waals surface area contributed by atoms with Crippen LogP contribution in [0.5, 0.6) is 0 Å². The maximum absolute atomic E-state index is 13.0. The molecule has 8 rings (SSSR count). The summed E-state index contributed by atoms with van der Waals surface area (Å²) < 4.78 is 0. The number of likely N-dealkylation sites (tertiary alicyclic amines) is 1. The van der Waals surface area contributed by atoms with Crippen LogP contribution in [-0.2, 0) is 13.0 Å². The number of carbonyl (C=O) groups excluding carboxylic acids is 1. The van der Waals surface area contributed by atoms with E-state index in [1.54, 1.807) is 6.33 Å². The predicted octanol–water partition coefficient (Wildman–Crippen LogP) is 6.64. The largest absolute Gasteiger partial charge is 0.393 e. The third kappa shape index (κ3) is 4.95. The van der Waals surface area contributed by atoms with E-state index in [4.69, 9.17) is 4.98 Å². The fourth-order valence-corrected chi connectivity index (χ4v) is 7.03. The van der Waals surface area contributed by atoms with Crippen LogP contribution in [0.4, 0.5) is 5.69 Å². The maximum atomic E-state index is 13.0. The van der Waals surface area contributed by atoms with Crippen molar-refractivity contribution in [2.24, 2.45) is 0 Å². The quantitative estimate of drug-likeness (QED) is 0.242. The SMILES string of the molecule is Cc1c(-c2ncnc3[nH]c(-c4ccc(C(=O)N5CCC(O)CC5)cc4)cc23)cccc1N1CCc2cc(C3CC3)ccc2C1. The molecule has 0 radical (unpaired) electrons. The fraction of sp³-hybridized carbons (Fsp3) is 0.324. The van der Waals surface area contributed by atoms with Gasteiger partial charge in [0.2, 0.25) is 0 Å². The Kier molecular flexibility index (Phi) is 6.71. The van der Waals surface area contributed by atoms with Crippen molar-refractivity contribution in [1.29, 1.82) is 0 Å². The number of benzene rings is 3. The van der Waals surface area contributed by atoms with Gasteiger partial charge in [0.25, 0.3) is 5.91 Å². The molecular weight excluding hydrogens is 546 g/mol. The minimum absolute atomic E-state index is 0.0174.